The molecule has 0 unspecified atom stereocenters. The van der Waals surface area contributed by atoms with Gasteiger partial charge in [0.1, 0.15) is 17.5 Å². The molecule has 0 fully saturated rings. The van der Waals surface area contributed by atoms with E-state index >= 15 is 0 Å². The number of hydrogen-bond acceptors (Lipinski definition) is 3. The first-order chi connectivity index (χ1) is 8.04. The summed E-state index contributed by atoms with van der Waals surface area (Å²) in [4.78, 5) is 7.61. The van der Waals surface area contributed by atoms with E-state index < -0.39 is 11.6 Å². The van der Waals surface area contributed by atoms with Gasteiger partial charge in [-0.15, -0.1) is 0 Å². The first-order valence-corrected chi connectivity index (χ1v) is 5.63. The SMILES string of the molecule is Fc1cc(F)cc(Nc2nc(Cl)ncc2Br)c1. The molecule has 1 heterocycles. The summed E-state index contributed by atoms with van der Waals surface area (Å²) in [5, 5.41) is 2.77. The maximum atomic E-state index is 13.0. The molecule has 0 bridgehead atoms. The minimum absolute atomic E-state index is 0.0348. The van der Waals surface area contributed by atoms with Crippen LogP contribution in [0, 0.1) is 11.6 Å². The number of nitrogens with one attached hydrogen (secondary N) is 1. The molecule has 0 radical (unpaired) electrons. The third kappa shape index (κ3) is 3.10. The molecule has 88 valence electrons. The van der Waals surface area contributed by atoms with Crippen molar-refractivity contribution in [1.29, 1.82) is 0 Å². The smallest absolute Gasteiger partial charge is 0.224 e. The molecule has 3 nitrogen and oxygen atoms in total. The van der Waals surface area contributed by atoms with Crippen LogP contribution in [0.4, 0.5) is 20.3 Å². The fourth-order valence-corrected chi connectivity index (χ4v) is 1.62. The molecule has 0 saturated carbocycles. The van der Waals surface area contributed by atoms with Crippen LogP contribution in [0.5, 0.6) is 0 Å². The minimum atomic E-state index is -0.677. The predicted octanol–water partition coefficient (Wildman–Crippen LogP) is 3.91. The van der Waals surface area contributed by atoms with E-state index in [0.717, 1.165) is 18.2 Å². The van der Waals surface area contributed by atoms with Crippen LogP contribution < -0.4 is 5.32 Å². The largest absolute Gasteiger partial charge is 0.339 e. The molecule has 1 aromatic heterocycles. The van der Waals surface area contributed by atoms with Crippen LogP contribution in [0.1, 0.15) is 0 Å². The lowest BCUT2D eigenvalue weighted by Crippen LogP contribution is -1.97. The monoisotopic (exact) mass is 319 g/mol. The highest BCUT2D eigenvalue weighted by Crippen LogP contribution is 2.24. The lowest BCUT2D eigenvalue weighted by atomic mass is 10.3. The van der Waals surface area contributed by atoms with E-state index in [0.29, 0.717) is 10.3 Å². The van der Waals surface area contributed by atoms with Crippen LogP contribution in [0.25, 0.3) is 0 Å². The molecule has 0 aliphatic rings. The topological polar surface area (TPSA) is 37.8 Å². The molecule has 0 saturated heterocycles. The summed E-state index contributed by atoms with van der Waals surface area (Å²) < 4.78 is 26.5. The number of anilines is 2. The van der Waals surface area contributed by atoms with Gasteiger partial charge in [-0.1, -0.05) is 0 Å². The van der Waals surface area contributed by atoms with Crippen molar-refractivity contribution in [3.63, 3.8) is 0 Å². The molecule has 0 amide bonds. The van der Waals surface area contributed by atoms with Crippen molar-refractivity contribution in [1.82, 2.24) is 9.97 Å². The second-order valence-corrected chi connectivity index (χ2v) is 4.31. The Hall–Kier alpha value is -1.27. The van der Waals surface area contributed by atoms with Gasteiger partial charge in [0.05, 0.1) is 4.47 Å². The fourth-order valence-electron chi connectivity index (χ4n) is 1.20. The predicted molar refractivity (Wildman–Crippen MR) is 64.4 cm³/mol. The van der Waals surface area contributed by atoms with E-state index in [-0.39, 0.29) is 11.0 Å². The van der Waals surface area contributed by atoms with E-state index in [9.17, 15) is 8.78 Å². The summed E-state index contributed by atoms with van der Waals surface area (Å²) in [7, 11) is 0. The van der Waals surface area contributed by atoms with Crippen LogP contribution in [-0.4, -0.2) is 9.97 Å². The van der Waals surface area contributed by atoms with Gasteiger partial charge in [-0.25, -0.2) is 13.8 Å². The number of benzene rings is 1. The molecule has 2 rings (SSSR count). The van der Waals surface area contributed by atoms with Crippen molar-refractivity contribution in [2.45, 2.75) is 0 Å². The van der Waals surface area contributed by atoms with Crippen LogP contribution in [0.2, 0.25) is 5.28 Å². The minimum Gasteiger partial charge on any atom is -0.339 e. The molecule has 17 heavy (non-hydrogen) atoms. The molecule has 0 aliphatic carbocycles. The highest BCUT2D eigenvalue weighted by atomic mass is 79.9. The van der Waals surface area contributed by atoms with Crippen molar-refractivity contribution in [2.24, 2.45) is 0 Å². The summed E-state index contributed by atoms with van der Waals surface area (Å²) in [6.07, 6.45) is 1.44. The third-order valence-corrected chi connectivity index (χ3v) is 2.60. The summed E-state index contributed by atoms with van der Waals surface area (Å²) in [5.41, 5.74) is 0.234. The molecule has 0 aliphatic heterocycles. The molecule has 1 aromatic carbocycles. The van der Waals surface area contributed by atoms with E-state index in [4.69, 9.17) is 11.6 Å². The molecule has 1 N–H and O–H groups in total. The van der Waals surface area contributed by atoms with Crippen molar-refractivity contribution in [3.05, 3.63) is 45.8 Å². The van der Waals surface area contributed by atoms with Gasteiger partial charge < -0.3 is 5.32 Å². The first-order valence-electron chi connectivity index (χ1n) is 4.46. The average molecular weight is 321 g/mol. The Morgan fingerprint density at radius 2 is 1.82 bits per heavy atom. The lowest BCUT2D eigenvalue weighted by molar-refractivity contribution is 0.584. The fraction of sp³-hybridized carbons (Fsp3) is 0. The van der Waals surface area contributed by atoms with Gasteiger partial charge in [0.15, 0.2) is 0 Å². The van der Waals surface area contributed by atoms with Crippen molar-refractivity contribution < 1.29 is 8.78 Å². The van der Waals surface area contributed by atoms with E-state index in [2.05, 4.69) is 31.2 Å². The quantitative estimate of drug-likeness (QED) is 0.852. The van der Waals surface area contributed by atoms with E-state index in [1.165, 1.54) is 6.20 Å². The third-order valence-electron chi connectivity index (χ3n) is 1.84. The Morgan fingerprint density at radius 3 is 2.47 bits per heavy atom. The van der Waals surface area contributed by atoms with Crippen LogP contribution in [-0.2, 0) is 0 Å². The molecule has 2 aromatic rings. The number of rotatable bonds is 2. The van der Waals surface area contributed by atoms with Gasteiger partial charge >= 0.3 is 0 Å². The maximum Gasteiger partial charge on any atom is 0.224 e. The van der Waals surface area contributed by atoms with Gasteiger partial charge in [-0.2, -0.15) is 4.98 Å². The van der Waals surface area contributed by atoms with Crippen molar-refractivity contribution >= 4 is 39.0 Å². The van der Waals surface area contributed by atoms with Gasteiger partial charge in [0.2, 0.25) is 5.28 Å². The maximum absolute atomic E-state index is 13.0. The zero-order chi connectivity index (χ0) is 12.4. The standard InChI is InChI=1S/C10H5BrClF2N3/c11-8-4-15-10(12)17-9(8)16-7-2-5(13)1-6(14)3-7/h1-4H,(H,15,16,17). The number of nitrogens with zero attached hydrogens (tertiary/aromatic N) is 2. The summed E-state index contributed by atoms with van der Waals surface area (Å²) in [5.74, 6) is -1.03. The zero-order valence-electron chi connectivity index (χ0n) is 8.22. The molecular formula is C10H5BrClF2N3. The second-order valence-electron chi connectivity index (χ2n) is 3.12. The Kier molecular flexibility index (Phi) is 3.54. The molecule has 7 heteroatoms. The first kappa shape index (κ1) is 12.2. The summed E-state index contributed by atoms with van der Waals surface area (Å²) >= 11 is 8.81. The van der Waals surface area contributed by atoms with E-state index in [1.54, 1.807) is 0 Å². The summed E-state index contributed by atoms with van der Waals surface area (Å²) in [6, 6.07) is 3.07. The molecule has 0 spiro atoms. The number of aromatic nitrogens is 2. The molecular weight excluding hydrogens is 315 g/mol. The normalized spacial score (nSPS) is 10.4. The zero-order valence-corrected chi connectivity index (χ0v) is 10.6. The Morgan fingerprint density at radius 1 is 1.18 bits per heavy atom. The van der Waals surface area contributed by atoms with Crippen LogP contribution in [0.3, 0.4) is 0 Å². The van der Waals surface area contributed by atoms with Crippen molar-refractivity contribution in [3.8, 4) is 0 Å². The van der Waals surface area contributed by atoms with Gasteiger partial charge in [0.25, 0.3) is 0 Å². The van der Waals surface area contributed by atoms with Crippen LogP contribution >= 0.6 is 27.5 Å². The van der Waals surface area contributed by atoms with E-state index in [1.807, 2.05) is 0 Å². The highest BCUT2D eigenvalue weighted by Gasteiger charge is 2.06. The van der Waals surface area contributed by atoms with Gasteiger partial charge in [-0.05, 0) is 39.7 Å². The van der Waals surface area contributed by atoms with Gasteiger partial charge in [0, 0.05) is 18.0 Å². The van der Waals surface area contributed by atoms with Gasteiger partial charge in [-0.3, -0.25) is 0 Å². The lowest BCUT2D eigenvalue weighted by Gasteiger charge is -2.07. The molecule has 0 atom stereocenters. The number of halogens is 4. The van der Waals surface area contributed by atoms with Crippen molar-refractivity contribution in [2.75, 3.05) is 5.32 Å². The summed E-state index contributed by atoms with van der Waals surface area (Å²) in [6.45, 7) is 0. The Labute approximate surface area is 109 Å². The number of hydrogen-bond donors (Lipinski definition) is 1. The van der Waals surface area contributed by atoms with Crippen LogP contribution in [0.15, 0.2) is 28.9 Å². The average Bonchev–Trinajstić information content (AvgIpc) is 2.22. The highest BCUT2D eigenvalue weighted by molar-refractivity contribution is 9.10. The Bertz CT molecular complexity index is 545. The Balaban J connectivity index is 2.34. The second kappa shape index (κ2) is 4.93.